The molecule has 2 fully saturated rings. The number of hydrogen-bond acceptors (Lipinski definition) is 5. The number of aryl methyl sites for hydroxylation is 1. The number of nitrogens with zero attached hydrogens (tertiary/aromatic N) is 2. The van der Waals surface area contributed by atoms with Crippen molar-refractivity contribution < 1.29 is 22.8 Å². The molecule has 2 saturated heterocycles. The lowest BCUT2D eigenvalue weighted by atomic mass is 10.0. The highest BCUT2D eigenvalue weighted by atomic mass is 32.2. The van der Waals surface area contributed by atoms with E-state index in [1.54, 1.807) is 12.1 Å². The number of carbonyl (C=O) groups is 3. The van der Waals surface area contributed by atoms with Crippen LogP contribution in [0.25, 0.3) is 0 Å². The number of carbonyl (C=O) groups excluding carboxylic acids is 3. The first-order valence-corrected chi connectivity index (χ1v) is 10.2. The van der Waals surface area contributed by atoms with Gasteiger partial charge < -0.3 is 0 Å². The maximum absolute atomic E-state index is 13.0. The van der Waals surface area contributed by atoms with Crippen LogP contribution in [0.1, 0.15) is 37.7 Å². The quantitative estimate of drug-likeness (QED) is 0.719. The van der Waals surface area contributed by atoms with Crippen LogP contribution >= 0.6 is 0 Å². The van der Waals surface area contributed by atoms with Crippen molar-refractivity contribution in [2.45, 2.75) is 50.0 Å². The number of rotatable bonds is 5. The van der Waals surface area contributed by atoms with Gasteiger partial charge in [-0.15, -0.1) is 0 Å². The average molecular weight is 378 g/mol. The number of ketones is 1. The molecule has 1 aromatic carbocycles. The van der Waals surface area contributed by atoms with Crippen LogP contribution in [-0.4, -0.2) is 54.4 Å². The SMILES string of the molecule is Cc1ccc(S(=O)(=O)N2CCCCC2C(=O)CN2C(=O)CCC2=O)cc1. The fraction of sp³-hybridized carbons (Fsp3) is 0.500. The third kappa shape index (κ3) is 3.57. The van der Waals surface area contributed by atoms with Gasteiger partial charge in [-0.3, -0.25) is 19.3 Å². The molecule has 1 unspecified atom stereocenters. The number of piperidine rings is 1. The summed E-state index contributed by atoms with van der Waals surface area (Å²) in [5.74, 6) is -1.14. The molecule has 0 bridgehead atoms. The van der Waals surface area contributed by atoms with Crippen LogP contribution in [0, 0.1) is 6.92 Å². The molecule has 26 heavy (non-hydrogen) atoms. The lowest BCUT2D eigenvalue weighted by molar-refractivity contribution is -0.142. The molecule has 2 aliphatic rings. The number of likely N-dealkylation sites (tertiary alicyclic amines) is 1. The number of Topliss-reactive ketones (excluding diaryl/α,β-unsaturated/α-hetero) is 1. The van der Waals surface area contributed by atoms with Crippen LogP contribution in [0.15, 0.2) is 29.2 Å². The Bertz CT molecular complexity index is 816. The molecule has 0 aromatic heterocycles. The minimum Gasteiger partial charge on any atom is -0.296 e. The Morgan fingerprint density at radius 3 is 2.31 bits per heavy atom. The van der Waals surface area contributed by atoms with E-state index >= 15 is 0 Å². The monoisotopic (exact) mass is 378 g/mol. The summed E-state index contributed by atoms with van der Waals surface area (Å²) in [6, 6.07) is 5.67. The largest absolute Gasteiger partial charge is 0.296 e. The van der Waals surface area contributed by atoms with Gasteiger partial charge in [0.2, 0.25) is 21.8 Å². The van der Waals surface area contributed by atoms with Gasteiger partial charge in [0.1, 0.15) is 0 Å². The molecule has 2 aliphatic heterocycles. The number of imide groups is 1. The zero-order valence-corrected chi connectivity index (χ0v) is 15.5. The second-order valence-corrected chi connectivity index (χ2v) is 8.67. The first-order valence-electron chi connectivity index (χ1n) is 8.75. The van der Waals surface area contributed by atoms with E-state index in [0.717, 1.165) is 16.9 Å². The van der Waals surface area contributed by atoms with Gasteiger partial charge in [0, 0.05) is 19.4 Å². The zero-order chi connectivity index (χ0) is 18.9. The third-order valence-electron chi connectivity index (χ3n) is 4.92. The molecule has 0 N–H and O–H groups in total. The molecule has 2 amide bonds. The lowest BCUT2D eigenvalue weighted by Crippen LogP contribution is -2.51. The van der Waals surface area contributed by atoms with E-state index in [1.807, 2.05) is 6.92 Å². The maximum atomic E-state index is 13.0. The molecule has 3 rings (SSSR count). The molecule has 2 heterocycles. The van der Waals surface area contributed by atoms with E-state index in [-0.39, 0.29) is 42.6 Å². The topological polar surface area (TPSA) is 91.8 Å². The Morgan fingerprint density at radius 2 is 1.69 bits per heavy atom. The molecule has 7 nitrogen and oxygen atoms in total. The van der Waals surface area contributed by atoms with Gasteiger partial charge in [-0.1, -0.05) is 24.1 Å². The maximum Gasteiger partial charge on any atom is 0.243 e. The highest BCUT2D eigenvalue weighted by Crippen LogP contribution is 2.27. The first kappa shape index (κ1) is 18.7. The van der Waals surface area contributed by atoms with Crippen molar-refractivity contribution in [2.24, 2.45) is 0 Å². The van der Waals surface area contributed by atoms with E-state index in [1.165, 1.54) is 16.4 Å². The van der Waals surface area contributed by atoms with E-state index in [0.29, 0.717) is 12.8 Å². The Labute approximate surface area is 153 Å². The van der Waals surface area contributed by atoms with E-state index in [2.05, 4.69) is 0 Å². The molecular weight excluding hydrogens is 356 g/mol. The summed E-state index contributed by atoms with van der Waals surface area (Å²) >= 11 is 0. The van der Waals surface area contributed by atoms with E-state index in [4.69, 9.17) is 0 Å². The molecule has 0 saturated carbocycles. The highest BCUT2D eigenvalue weighted by molar-refractivity contribution is 7.89. The molecule has 8 heteroatoms. The van der Waals surface area contributed by atoms with E-state index in [9.17, 15) is 22.8 Å². The Morgan fingerprint density at radius 1 is 1.08 bits per heavy atom. The summed E-state index contributed by atoms with van der Waals surface area (Å²) in [7, 11) is -3.81. The summed E-state index contributed by atoms with van der Waals surface area (Å²) < 4.78 is 27.2. The molecule has 0 radical (unpaired) electrons. The Hall–Kier alpha value is -2.06. The van der Waals surface area contributed by atoms with Crippen LogP contribution in [0.3, 0.4) is 0 Å². The summed E-state index contributed by atoms with van der Waals surface area (Å²) in [6.07, 6.45) is 2.04. The number of sulfonamides is 1. The smallest absolute Gasteiger partial charge is 0.243 e. The fourth-order valence-corrected chi connectivity index (χ4v) is 5.10. The third-order valence-corrected chi connectivity index (χ3v) is 6.84. The standard InChI is InChI=1S/C18H22N2O5S/c1-13-5-7-14(8-6-13)26(24,25)20-11-3-2-4-15(20)16(21)12-19-17(22)9-10-18(19)23/h5-8,15H,2-4,9-12H2,1H3. The Balaban J connectivity index is 1.83. The predicted molar refractivity (Wildman–Crippen MR) is 93.7 cm³/mol. The van der Waals surface area contributed by atoms with Gasteiger partial charge in [0.25, 0.3) is 0 Å². The fourth-order valence-electron chi connectivity index (χ4n) is 3.42. The van der Waals surface area contributed by atoms with Crippen molar-refractivity contribution in [1.29, 1.82) is 0 Å². The van der Waals surface area contributed by atoms with Gasteiger partial charge >= 0.3 is 0 Å². The molecular formula is C18H22N2O5S. The zero-order valence-electron chi connectivity index (χ0n) is 14.7. The second-order valence-electron chi connectivity index (χ2n) is 6.78. The molecule has 1 aromatic rings. The number of amides is 2. The predicted octanol–water partition coefficient (Wildman–Crippen LogP) is 1.26. The van der Waals surface area contributed by atoms with Crippen molar-refractivity contribution in [2.75, 3.05) is 13.1 Å². The van der Waals surface area contributed by atoms with Gasteiger partial charge in [0.15, 0.2) is 5.78 Å². The number of benzene rings is 1. The van der Waals surface area contributed by atoms with Crippen LogP contribution in [-0.2, 0) is 24.4 Å². The molecule has 0 spiro atoms. The van der Waals surface area contributed by atoms with Crippen molar-refractivity contribution in [3.05, 3.63) is 29.8 Å². The van der Waals surface area contributed by atoms with Gasteiger partial charge in [0.05, 0.1) is 17.5 Å². The van der Waals surface area contributed by atoms with Crippen molar-refractivity contribution >= 4 is 27.6 Å². The summed E-state index contributed by atoms with van der Waals surface area (Å²) in [4.78, 5) is 37.3. The van der Waals surface area contributed by atoms with Crippen LogP contribution in [0.2, 0.25) is 0 Å². The summed E-state index contributed by atoms with van der Waals surface area (Å²) in [6.45, 7) is 1.78. The van der Waals surface area contributed by atoms with Crippen molar-refractivity contribution in [3.63, 3.8) is 0 Å². The average Bonchev–Trinajstić information content (AvgIpc) is 2.94. The van der Waals surface area contributed by atoms with Gasteiger partial charge in [-0.05, 0) is 31.9 Å². The van der Waals surface area contributed by atoms with Crippen LogP contribution in [0.5, 0.6) is 0 Å². The first-order chi connectivity index (χ1) is 12.3. The van der Waals surface area contributed by atoms with Gasteiger partial charge in [-0.2, -0.15) is 4.31 Å². The molecule has 140 valence electrons. The van der Waals surface area contributed by atoms with E-state index < -0.39 is 21.8 Å². The van der Waals surface area contributed by atoms with Crippen LogP contribution < -0.4 is 0 Å². The van der Waals surface area contributed by atoms with Gasteiger partial charge in [-0.25, -0.2) is 8.42 Å². The summed E-state index contributed by atoms with van der Waals surface area (Å²) in [5, 5.41) is 0. The molecule has 0 aliphatic carbocycles. The normalized spacial score (nSPS) is 22.0. The lowest BCUT2D eigenvalue weighted by Gasteiger charge is -2.34. The minimum absolute atomic E-state index is 0.113. The number of hydrogen-bond donors (Lipinski definition) is 0. The summed E-state index contributed by atoms with van der Waals surface area (Å²) in [5.41, 5.74) is 0.946. The second kappa shape index (κ2) is 7.28. The highest BCUT2D eigenvalue weighted by Gasteiger charge is 2.40. The Kier molecular flexibility index (Phi) is 5.24. The minimum atomic E-state index is -3.81. The van der Waals surface area contributed by atoms with Crippen LogP contribution in [0.4, 0.5) is 0 Å². The molecule has 1 atom stereocenters. The van der Waals surface area contributed by atoms with Crippen molar-refractivity contribution in [3.8, 4) is 0 Å². The van der Waals surface area contributed by atoms with Crippen molar-refractivity contribution in [1.82, 2.24) is 9.21 Å².